The Bertz CT molecular complexity index is 985. The number of nitrogens with zero attached hydrogens (tertiary/aromatic N) is 3. The molecule has 1 aromatic heterocycles. The molecule has 0 saturated carbocycles. The molecule has 27 heavy (non-hydrogen) atoms. The average molecular weight is 369 g/mol. The number of nitrogen functional groups attached to an aromatic ring is 1. The predicted molar refractivity (Wildman–Crippen MR) is 95.7 cm³/mol. The summed E-state index contributed by atoms with van der Waals surface area (Å²) >= 11 is 0. The van der Waals surface area contributed by atoms with E-state index >= 15 is 0 Å². The van der Waals surface area contributed by atoms with E-state index in [2.05, 4.69) is 20.4 Å². The molecule has 0 aliphatic rings. The number of ether oxygens (including phenoxy) is 1. The van der Waals surface area contributed by atoms with Gasteiger partial charge in [0.1, 0.15) is 5.82 Å². The van der Waals surface area contributed by atoms with Gasteiger partial charge >= 0.3 is 5.97 Å². The van der Waals surface area contributed by atoms with Crippen molar-refractivity contribution in [1.82, 2.24) is 15.0 Å². The van der Waals surface area contributed by atoms with Crippen LogP contribution in [0, 0.1) is 5.82 Å². The SMILES string of the molecule is COC(=O)c1ccc(NC(=O)c2nnn(Cc3cccc(F)c3)c2N)cc1. The minimum atomic E-state index is -0.552. The molecule has 138 valence electrons. The number of hydrogen-bond donors (Lipinski definition) is 2. The topological polar surface area (TPSA) is 112 Å². The van der Waals surface area contributed by atoms with Crippen molar-refractivity contribution in [3.05, 3.63) is 71.2 Å². The van der Waals surface area contributed by atoms with Gasteiger partial charge in [-0.25, -0.2) is 13.9 Å². The molecule has 0 fully saturated rings. The molecule has 0 radical (unpaired) electrons. The highest BCUT2D eigenvalue weighted by atomic mass is 19.1. The second-order valence-electron chi connectivity index (χ2n) is 5.63. The van der Waals surface area contributed by atoms with Gasteiger partial charge in [-0.1, -0.05) is 17.3 Å². The maximum Gasteiger partial charge on any atom is 0.337 e. The van der Waals surface area contributed by atoms with Gasteiger partial charge in [0, 0.05) is 5.69 Å². The quantitative estimate of drug-likeness (QED) is 0.666. The van der Waals surface area contributed by atoms with Gasteiger partial charge in [-0.2, -0.15) is 0 Å². The lowest BCUT2D eigenvalue weighted by atomic mass is 10.2. The summed E-state index contributed by atoms with van der Waals surface area (Å²) in [6.07, 6.45) is 0. The third-order valence-corrected chi connectivity index (χ3v) is 3.77. The van der Waals surface area contributed by atoms with E-state index in [0.717, 1.165) is 0 Å². The minimum absolute atomic E-state index is 0.0524. The Hall–Kier alpha value is -3.75. The molecule has 0 aliphatic carbocycles. The maximum absolute atomic E-state index is 13.3. The molecule has 0 spiro atoms. The zero-order valence-electron chi connectivity index (χ0n) is 14.3. The molecule has 0 unspecified atom stereocenters. The number of anilines is 2. The van der Waals surface area contributed by atoms with Gasteiger partial charge in [-0.3, -0.25) is 4.79 Å². The summed E-state index contributed by atoms with van der Waals surface area (Å²) in [4.78, 5) is 23.8. The molecule has 3 aromatic rings. The van der Waals surface area contributed by atoms with E-state index in [1.165, 1.54) is 36.1 Å². The first-order valence-electron chi connectivity index (χ1n) is 7.91. The molecule has 3 N–H and O–H groups in total. The molecule has 8 nitrogen and oxygen atoms in total. The van der Waals surface area contributed by atoms with Crippen LogP contribution in [-0.2, 0) is 11.3 Å². The molecule has 0 saturated heterocycles. The largest absolute Gasteiger partial charge is 0.465 e. The fraction of sp³-hybridized carbons (Fsp3) is 0.111. The van der Waals surface area contributed by atoms with Crippen LogP contribution in [0.15, 0.2) is 48.5 Å². The third kappa shape index (κ3) is 4.09. The second kappa shape index (κ2) is 7.65. The smallest absolute Gasteiger partial charge is 0.337 e. The van der Waals surface area contributed by atoms with Crippen molar-refractivity contribution in [2.75, 3.05) is 18.2 Å². The van der Waals surface area contributed by atoms with Crippen LogP contribution in [0.25, 0.3) is 0 Å². The van der Waals surface area contributed by atoms with Crippen molar-refractivity contribution in [2.45, 2.75) is 6.54 Å². The summed E-state index contributed by atoms with van der Waals surface area (Å²) in [5.74, 6) is -1.34. The second-order valence-corrected chi connectivity index (χ2v) is 5.63. The summed E-state index contributed by atoms with van der Waals surface area (Å²) in [5, 5.41) is 10.3. The van der Waals surface area contributed by atoms with Crippen LogP contribution in [0.5, 0.6) is 0 Å². The molecule has 0 bridgehead atoms. The number of amides is 1. The molecule has 9 heteroatoms. The van der Waals surface area contributed by atoms with E-state index in [0.29, 0.717) is 16.8 Å². The van der Waals surface area contributed by atoms with Crippen LogP contribution in [0.3, 0.4) is 0 Å². The molecule has 1 amide bonds. The van der Waals surface area contributed by atoms with Gasteiger partial charge in [0.15, 0.2) is 11.5 Å². The fourth-order valence-corrected chi connectivity index (χ4v) is 2.40. The Morgan fingerprint density at radius 1 is 1.22 bits per heavy atom. The van der Waals surface area contributed by atoms with Crippen molar-refractivity contribution >= 4 is 23.4 Å². The highest BCUT2D eigenvalue weighted by Gasteiger charge is 2.18. The van der Waals surface area contributed by atoms with Crippen LogP contribution in [-0.4, -0.2) is 34.0 Å². The lowest BCUT2D eigenvalue weighted by molar-refractivity contribution is 0.0600. The molecular weight excluding hydrogens is 353 g/mol. The highest BCUT2D eigenvalue weighted by Crippen LogP contribution is 2.15. The Morgan fingerprint density at radius 3 is 2.63 bits per heavy atom. The maximum atomic E-state index is 13.3. The van der Waals surface area contributed by atoms with Crippen molar-refractivity contribution in [2.24, 2.45) is 0 Å². The van der Waals surface area contributed by atoms with E-state index in [9.17, 15) is 14.0 Å². The van der Waals surface area contributed by atoms with E-state index in [-0.39, 0.29) is 23.9 Å². The fourth-order valence-electron chi connectivity index (χ4n) is 2.40. The van der Waals surface area contributed by atoms with Crippen LogP contribution >= 0.6 is 0 Å². The summed E-state index contributed by atoms with van der Waals surface area (Å²) < 4.78 is 19.2. The van der Waals surface area contributed by atoms with Gasteiger partial charge in [0.25, 0.3) is 5.91 Å². The number of aromatic nitrogens is 3. The summed E-state index contributed by atoms with van der Waals surface area (Å²) in [7, 11) is 1.29. The van der Waals surface area contributed by atoms with E-state index in [1.54, 1.807) is 24.3 Å². The first-order valence-corrected chi connectivity index (χ1v) is 7.91. The predicted octanol–water partition coefficient (Wildman–Crippen LogP) is 2.09. The van der Waals surface area contributed by atoms with E-state index in [1.807, 2.05) is 0 Å². The van der Waals surface area contributed by atoms with Gasteiger partial charge in [0.05, 0.1) is 19.2 Å². The number of carbonyl (C=O) groups is 2. The highest BCUT2D eigenvalue weighted by molar-refractivity contribution is 6.05. The van der Waals surface area contributed by atoms with Crippen LogP contribution in [0.2, 0.25) is 0 Å². The number of halogens is 1. The number of rotatable bonds is 5. The average Bonchev–Trinajstić information content (AvgIpc) is 3.02. The zero-order valence-corrected chi connectivity index (χ0v) is 14.3. The summed E-state index contributed by atoms with van der Waals surface area (Å²) in [6.45, 7) is 0.178. The van der Waals surface area contributed by atoms with Gasteiger partial charge in [-0.15, -0.1) is 5.10 Å². The van der Waals surface area contributed by atoms with Crippen LogP contribution in [0.1, 0.15) is 26.4 Å². The van der Waals surface area contributed by atoms with Crippen LogP contribution < -0.4 is 11.1 Å². The molecule has 0 atom stereocenters. The Labute approximate surface area is 153 Å². The summed E-state index contributed by atoms with van der Waals surface area (Å²) in [6, 6.07) is 12.1. The van der Waals surface area contributed by atoms with Crippen molar-refractivity contribution < 1.29 is 18.7 Å². The molecule has 0 aliphatic heterocycles. The zero-order chi connectivity index (χ0) is 19.4. The number of methoxy groups -OCH3 is 1. The lowest BCUT2D eigenvalue weighted by Crippen LogP contribution is -2.15. The molecule has 1 heterocycles. The monoisotopic (exact) mass is 369 g/mol. The number of benzene rings is 2. The number of hydrogen-bond acceptors (Lipinski definition) is 6. The Kier molecular flexibility index (Phi) is 5.11. The molecule has 2 aromatic carbocycles. The van der Waals surface area contributed by atoms with Gasteiger partial charge < -0.3 is 15.8 Å². The van der Waals surface area contributed by atoms with Gasteiger partial charge in [-0.05, 0) is 42.0 Å². The number of carbonyl (C=O) groups excluding carboxylic acids is 2. The minimum Gasteiger partial charge on any atom is -0.465 e. The third-order valence-electron chi connectivity index (χ3n) is 3.77. The normalized spacial score (nSPS) is 10.4. The first kappa shape index (κ1) is 18.1. The lowest BCUT2D eigenvalue weighted by Gasteiger charge is -2.06. The summed E-state index contributed by atoms with van der Waals surface area (Å²) in [5.41, 5.74) is 7.34. The molecular formula is C18H16FN5O3. The number of nitrogens with two attached hydrogens (primary N) is 1. The van der Waals surface area contributed by atoms with Crippen LogP contribution in [0.4, 0.5) is 15.9 Å². The number of nitrogens with one attached hydrogen (secondary N) is 1. The Morgan fingerprint density at radius 2 is 1.96 bits per heavy atom. The standard InChI is InChI=1S/C18H16FN5O3/c1-27-18(26)12-5-7-14(8-6-12)21-17(25)15-16(20)24(23-22-15)10-11-3-2-4-13(19)9-11/h2-9H,10,20H2,1H3,(H,21,25). The Balaban J connectivity index is 1.72. The van der Waals surface area contributed by atoms with E-state index in [4.69, 9.17) is 5.73 Å². The first-order chi connectivity index (χ1) is 13.0. The van der Waals surface area contributed by atoms with Crippen molar-refractivity contribution in [3.8, 4) is 0 Å². The van der Waals surface area contributed by atoms with Crippen molar-refractivity contribution in [3.63, 3.8) is 0 Å². The molecule has 3 rings (SSSR count). The number of esters is 1. The van der Waals surface area contributed by atoms with Gasteiger partial charge in [0.2, 0.25) is 0 Å². The van der Waals surface area contributed by atoms with E-state index < -0.39 is 11.9 Å². The van der Waals surface area contributed by atoms with Crippen molar-refractivity contribution in [1.29, 1.82) is 0 Å².